The highest BCUT2D eigenvalue weighted by Gasteiger charge is 2.09. The fourth-order valence-electron chi connectivity index (χ4n) is 1.42. The maximum atomic E-state index is 13.6. The lowest BCUT2D eigenvalue weighted by atomic mass is 10.1. The molecular weight excluding hydrogens is 209 g/mol. The molecule has 1 aromatic carbocycles. The molecule has 2 aromatic rings. The maximum absolute atomic E-state index is 13.6. The molecule has 0 aliphatic carbocycles. The molecule has 0 saturated heterocycles. The van der Waals surface area contributed by atoms with Gasteiger partial charge in [0.25, 0.3) is 0 Å². The van der Waals surface area contributed by atoms with E-state index in [2.05, 4.69) is 4.98 Å². The van der Waals surface area contributed by atoms with E-state index < -0.39 is 5.82 Å². The normalized spacial score (nSPS) is 10.1. The molecule has 0 spiro atoms. The number of ether oxygens (including phenoxy) is 1. The standard InChI is InChI=1S/C12H10FNO2/c1-16-9-5-8(6-14-7-9)10-3-2-4-11(15)12(10)13/h2-7,15H,1H3. The molecule has 82 valence electrons. The Labute approximate surface area is 92.1 Å². The van der Waals surface area contributed by atoms with Crippen LogP contribution < -0.4 is 4.74 Å². The molecule has 0 atom stereocenters. The molecule has 0 amide bonds. The van der Waals surface area contributed by atoms with Gasteiger partial charge in [-0.05, 0) is 12.1 Å². The van der Waals surface area contributed by atoms with Crippen molar-refractivity contribution in [1.29, 1.82) is 0 Å². The Morgan fingerprint density at radius 2 is 2.12 bits per heavy atom. The van der Waals surface area contributed by atoms with Crippen molar-refractivity contribution in [3.63, 3.8) is 0 Å². The number of pyridine rings is 1. The van der Waals surface area contributed by atoms with Crippen LogP contribution in [0.25, 0.3) is 11.1 Å². The molecule has 0 saturated carbocycles. The number of benzene rings is 1. The molecule has 2 rings (SSSR count). The van der Waals surface area contributed by atoms with Crippen molar-refractivity contribution in [2.75, 3.05) is 7.11 Å². The second kappa shape index (κ2) is 4.18. The Balaban J connectivity index is 2.54. The third-order valence-electron chi connectivity index (χ3n) is 2.24. The zero-order valence-electron chi connectivity index (χ0n) is 8.64. The second-order valence-corrected chi connectivity index (χ2v) is 3.25. The van der Waals surface area contributed by atoms with Gasteiger partial charge >= 0.3 is 0 Å². The van der Waals surface area contributed by atoms with Crippen molar-refractivity contribution >= 4 is 0 Å². The van der Waals surface area contributed by atoms with E-state index >= 15 is 0 Å². The van der Waals surface area contributed by atoms with Gasteiger partial charge in [0.15, 0.2) is 11.6 Å². The number of halogens is 1. The van der Waals surface area contributed by atoms with Crippen LogP contribution in [-0.2, 0) is 0 Å². The van der Waals surface area contributed by atoms with Gasteiger partial charge in [-0.2, -0.15) is 0 Å². The van der Waals surface area contributed by atoms with E-state index in [9.17, 15) is 9.50 Å². The number of hydrogen-bond acceptors (Lipinski definition) is 3. The zero-order chi connectivity index (χ0) is 11.5. The Kier molecular flexibility index (Phi) is 2.72. The third kappa shape index (κ3) is 1.82. The molecule has 0 bridgehead atoms. The predicted octanol–water partition coefficient (Wildman–Crippen LogP) is 2.60. The van der Waals surface area contributed by atoms with Crippen LogP contribution in [0.3, 0.4) is 0 Å². The minimum atomic E-state index is -0.655. The Morgan fingerprint density at radius 3 is 2.88 bits per heavy atom. The summed E-state index contributed by atoms with van der Waals surface area (Å²) in [6.45, 7) is 0. The number of nitrogens with zero attached hydrogens (tertiary/aromatic N) is 1. The largest absolute Gasteiger partial charge is 0.505 e. The van der Waals surface area contributed by atoms with Crippen LogP contribution in [0.5, 0.6) is 11.5 Å². The fourth-order valence-corrected chi connectivity index (χ4v) is 1.42. The van der Waals surface area contributed by atoms with Crippen molar-refractivity contribution in [2.24, 2.45) is 0 Å². The minimum Gasteiger partial charge on any atom is -0.505 e. The summed E-state index contributed by atoms with van der Waals surface area (Å²) in [6, 6.07) is 6.11. The van der Waals surface area contributed by atoms with Gasteiger partial charge in [0.05, 0.1) is 13.3 Å². The summed E-state index contributed by atoms with van der Waals surface area (Å²) >= 11 is 0. The van der Waals surface area contributed by atoms with Gasteiger partial charge in [-0.1, -0.05) is 12.1 Å². The number of phenols is 1. The number of aromatic nitrogens is 1. The lowest BCUT2D eigenvalue weighted by Gasteiger charge is -2.06. The van der Waals surface area contributed by atoms with Crippen LogP contribution >= 0.6 is 0 Å². The summed E-state index contributed by atoms with van der Waals surface area (Å²) in [7, 11) is 1.51. The third-order valence-corrected chi connectivity index (χ3v) is 2.24. The van der Waals surface area contributed by atoms with Gasteiger partial charge in [-0.25, -0.2) is 4.39 Å². The van der Waals surface area contributed by atoms with Crippen LogP contribution in [0.2, 0.25) is 0 Å². The van der Waals surface area contributed by atoms with Crippen LogP contribution in [0.15, 0.2) is 36.7 Å². The Hall–Kier alpha value is -2.10. The van der Waals surface area contributed by atoms with Crippen LogP contribution in [0.1, 0.15) is 0 Å². The second-order valence-electron chi connectivity index (χ2n) is 3.25. The smallest absolute Gasteiger partial charge is 0.172 e. The van der Waals surface area contributed by atoms with Crippen molar-refractivity contribution < 1.29 is 14.2 Å². The maximum Gasteiger partial charge on any atom is 0.172 e. The average molecular weight is 219 g/mol. The average Bonchev–Trinajstić information content (AvgIpc) is 2.33. The summed E-state index contributed by atoms with van der Waals surface area (Å²) in [4.78, 5) is 3.93. The summed E-state index contributed by atoms with van der Waals surface area (Å²) in [5, 5.41) is 9.26. The Morgan fingerprint density at radius 1 is 1.31 bits per heavy atom. The van der Waals surface area contributed by atoms with Crippen molar-refractivity contribution in [3.8, 4) is 22.6 Å². The van der Waals surface area contributed by atoms with E-state index in [0.717, 1.165) is 0 Å². The monoisotopic (exact) mass is 219 g/mol. The summed E-state index contributed by atoms with van der Waals surface area (Å²) in [5.74, 6) is -0.488. The fraction of sp³-hybridized carbons (Fsp3) is 0.0833. The molecule has 3 nitrogen and oxygen atoms in total. The van der Waals surface area contributed by atoms with Gasteiger partial charge < -0.3 is 9.84 Å². The first-order valence-electron chi connectivity index (χ1n) is 4.69. The summed E-state index contributed by atoms with van der Waals surface area (Å²) in [6.07, 6.45) is 3.05. The highest BCUT2D eigenvalue weighted by Crippen LogP contribution is 2.29. The molecule has 0 aliphatic rings. The minimum absolute atomic E-state index is 0.298. The van der Waals surface area contributed by atoms with E-state index in [0.29, 0.717) is 16.9 Å². The highest BCUT2D eigenvalue weighted by atomic mass is 19.1. The quantitative estimate of drug-likeness (QED) is 0.844. The van der Waals surface area contributed by atoms with E-state index in [1.807, 2.05) is 0 Å². The number of methoxy groups -OCH3 is 1. The van der Waals surface area contributed by atoms with E-state index in [4.69, 9.17) is 4.74 Å². The molecule has 4 heteroatoms. The first-order chi connectivity index (χ1) is 7.72. The van der Waals surface area contributed by atoms with Gasteiger partial charge in [0.2, 0.25) is 0 Å². The van der Waals surface area contributed by atoms with Crippen molar-refractivity contribution in [3.05, 3.63) is 42.5 Å². The molecule has 0 radical (unpaired) electrons. The zero-order valence-corrected chi connectivity index (χ0v) is 8.64. The predicted molar refractivity (Wildman–Crippen MR) is 57.8 cm³/mol. The number of rotatable bonds is 2. The number of aromatic hydroxyl groups is 1. The number of hydrogen-bond donors (Lipinski definition) is 1. The SMILES string of the molecule is COc1cncc(-c2cccc(O)c2F)c1. The molecular formula is C12H10FNO2. The first kappa shape index (κ1) is 10.4. The van der Waals surface area contributed by atoms with Gasteiger partial charge in [-0.15, -0.1) is 0 Å². The van der Waals surface area contributed by atoms with E-state index in [-0.39, 0.29) is 5.75 Å². The molecule has 0 unspecified atom stereocenters. The topological polar surface area (TPSA) is 42.4 Å². The lowest BCUT2D eigenvalue weighted by Crippen LogP contribution is -1.89. The van der Waals surface area contributed by atoms with Crippen LogP contribution in [0, 0.1) is 5.82 Å². The lowest BCUT2D eigenvalue weighted by molar-refractivity contribution is 0.413. The van der Waals surface area contributed by atoms with Gasteiger partial charge in [0, 0.05) is 17.3 Å². The molecule has 1 aromatic heterocycles. The molecule has 0 fully saturated rings. The van der Waals surface area contributed by atoms with Crippen LogP contribution in [0.4, 0.5) is 4.39 Å². The summed E-state index contributed by atoms with van der Waals surface area (Å²) < 4.78 is 18.6. The Bertz CT molecular complexity index is 514. The molecule has 0 aliphatic heterocycles. The van der Waals surface area contributed by atoms with Gasteiger partial charge in [-0.3, -0.25) is 4.98 Å². The van der Waals surface area contributed by atoms with Gasteiger partial charge in [0.1, 0.15) is 5.75 Å². The highest BCUT2D eigenvalue weighted by molar-refractivity contribution is 5.66. The molecule has 16 heavy (non-hydrogen) atoms. The molecule has 1 N–H and O–H groups in total. The van der Waals surface area contributed by atoms with Crippen molar-refractivity contribution in [2.45, 2.75) is 0 Å². The summed E-state index contributed by atoms with van der Waals surface area (Å²) in [5.41, 5.74) is 0.860. The molecule has 1 heterocycles. The first-order valence-corrected chi connectivity index (χ1v) is 4.69. The van der Waals surface area contributed by atoms with E-state index in [1.54, 1.807) is 18.2 Å². The van der Waals surface area contributed by atoms with Crippen molar-refractivity contribution in [1.82, 2.24) is 4.98 Å². The number of phenolic OH excluding ortho intramolecular Hbond substituents is 1. The van der Waals surface area contributed by atoms with E-state index in [1.165, 1.54) is 25.6 Å². The van der Waals surface area contributed by atoms with Crippen LogP contribution in [-0.4, -0.2) is 17.2 Å².